The van der Waals surface area contributed by atoms with Gasteiger partial charge in [0, 0.05) is 28.6 Å². The minimum absolute atomic E-state index is 0.0187. The van der Waals surface area contributed by atoms with Crippen LogP contribution in [0.5, 0.6) is 0 Å². The summed E-state index contributed by atoms with van der Waals surface area (Å²) in [5, 5.41) is 14.5. The van der Waals surface area contributed by atoms with Gasteiger partial charge in [-0.15, -0.1) is 21.5 Å². The fourth-order valence-electron chi connectivity index (χ4n) is 3.60. The maximum absolute atomic E-state index is 12.8. The summed E-state index contributed by atoms with van der Waals surface area (Å²) in [6, 6.07) is 10.1. The molecule has 1 amide bonds. The van der Waals surface area contributed by atoms with E-state index >= 15 is 0 Å². The quantitative estimate of drug-likeness (QED) is 0.452. The maximum atomic E-state index is 12.8. The molecule has 0 saturated heterocycles. The molecule has 3 aromatic rings. The van der Waals surface area contributed by atoms with Crippen molar-refractivity contribution in [3.05, 3.63) is 57.5 Å². The van der Waals surface area contributed by atoms with Crippen LogP contribution in [-0.4, -0.2) is 32.2 Å². The molecule has 0 radical (unpaired) electrons. The van der Waals surface area contributed by atoms with Crippen molar-refractivity contribution < 1.29 is 9.59 Å². The van der Waals surface area contributed by atoms with Gasteiger partial charge in [0.05, 0.1) is 11.7 Å². The Morgan fingerprint density at radius 2 is 2.17 bits per heavy atom. The Balaban J connectivity index is 1.31. The smallest absolute Gasteiger partial charge is 0.231 e. The van der Waals surface area contributed by atoms with E-state index in [4.69, 9.17) is 0 Å². The fraction of sp³-hybridized carbons (Fsp3) is 0.333. The molecule has 1 aliphatic heterocycles. The number of hydrogen-bond acceptors (Lipinski definition) is 6. The van der Waals surface area contributed by atoms with Gasteiger partial charge in [0.25, 0.3) is 0 Å². The van der Waals surface area contributed by atoms with Crippen molar-refractivity contribution in [1.29, 1.82) is 0 Å². The Morgan fingerprint density at radius 3 is 2.93 bits per heavy atom. The molecular formula is C21H20N4O2S2. The summed E-state index contributed by atoms with van der Waals surface area (Å²) in [6.07, 6.45) is 3.06. The van der Waals surface area contributed by atoms with Crippen LogP contribution in [0.4, 0.5) is 5.69 Å². The molecule has 5 rings (SSSR count). The average Bonchev–Trinajstić information content (AvgIpc) is 3.15. The standard InChI is InChI=1S/C21H20N4O2S2/c1-12-16-9-13(4-7-17(16)22-20(12)27)18(26)11-29-21-24-23-19(25(21)14-5-6-14)10-15-3-2-8-28-15/h2-4,7-9,12,14H,5-6,10-11H2,1H3,(H,22,27)/t12-/m1/s1. The number of thiophene rings is 1. The SMILES string of the molecule is C[C@H]1C(=O)Nc2ccc(C(=O)CSc3nnc(Cc4cccs4)n3C3CC3)cc21. The van der Waals surface area contributed by atoms with Crippen LogP contribution in [0.25, 0.3) is 0 Å². The first-order valence-electron chi connectivity index (χ1n) is 9.67. The molecule has 1 N–H and O–H groups in total. The second-order valence-electron chi connectivity index (χ2n) is 7.48. The van der Waals surface area contributed by atoms with Crippen molar-refractivity contribution >= 4 is 40.5 Å². The highest BCUT2D eigenvalue weighted by atomic mass is 32.2. The first-order chi connectivity index (χ1) is 14.1. The number of aromatic nitrogens is 3. The summed E-state index contributed by atoms with van der Waals surface area (Å²) < 4.78 is 2.21. The van der Waals surface area contributed by atoms with E-state index in [2.05, 4.69) is 31.5 Å². The minimum Gasteiger partial charge on any atom is -0.325 e. The number of amides is 1. The lowest BCUT2D eigenvalue weighted by Gasteiger charge is -2.08. The van der Waals surface area contributed by atoms with Gasteiger partial charge in [0.1, 0.15) is 5.82 Å². The number of ketones is 1. The van der Waals surface area contributed by atoms with Gasteiger partial charge in [-0.3, -0.25) is 9.59 Å². The summed E-state index contributed by atoms with van der Waals surface area (Å²) in [7, 11) is 0. The molecular weight excluding hydrogens is 404 g/mol. The van der Waals surface area contributed by atoms with Gasteiger partial charge in [-0.25, -0.2) is 0 Å². The number of fused-ring (bicyclic) bond motifs is 1. The normalized spacial score (nSPS) is 18.0. The van der Waals surface area contributed by atoms with Crippen LogP contribution in [0.1, 0.15) is 58.3 Å². The predicted octanol–water partition coefficient (Wildman–Crippen LogP) is 4.30. The molecule has 1 aliphatic carbocycles. The summed E-state index contributed by atoms with van der Waals surface area (Å²) in [6.45, 7) is 1.86. The molecule has 1 atom stereocenters. The fourth-order valence-corrected chi connectivity index (χ4v) is 5.22. The number of carbonyl (C=O) groups is 2. The number of nitrogens with one attached hydrogen (secondary N) is 1. The molecule has 0 unspecified atom stereocenters. The van der Waals surface area contributed by atoms with Crippen LogP contribution in [0.15, 0.2) is 40.9 Å². The Morgan fingerprint density at radius 1 is 1.31 bits per heavy atom. The largest absolute Gasteiger partial charge is 0.325 e. The highest BCUT2D eigenvalue weighted by Crippen LogP contribution is 2.39. The van der Waals surface area contributed by atoms with E-state index in [1.165, 1.54) is 16.6 Å². The van der Waals surface area contributed by atoms with Gasteiger partial charge < -0.3 is 9.88 Å². The van der Waals surface area contributed by atoms with E-state index in [9.17, 15) is 9.59 Å². The topological polar surface area (TPSA) is 76.9 Å². The van der Waals surface area contributed by atoms with Gasteiger partial charge >= 0.3 is 0 Å². The summed E-state index contributed by atoms with van der Waals surface area (Å²) in [5.41, 5.74) is 2.33. The van der Waals surface area contributed by atoms with Crippen molar-refractivity contribution in [3.8, 4) is 0 Å². The molecule has 0 bridgehead atoms. The van der Waals surface area contributed by atoms with Crippen LogP contribution in [0.2, 0.25) is 0 Å². The van der Waals surface area contributed by atoms with Crippen molar-refractivity contribution in [3.63, 3.8) is 0 Å². The third kappa shape index (κ3) is 3.62. The summed E-state index contributed by atoms with van der Waals surface area (Å²) in [4.78, 5) is 25.9. The average molecular weight is 425 g/mol. The molecule has 1 fully saturated rings. The van der Waals surface area contributed by atoms with E-state index < -0.39 is 0 Å². The lowest BCUT2D eigenvalue weighted by Crippen LogP contribution is -2.08. The highest BCUT2D eigenvalue weighted by Gasteiger charge is 2.30. The lowest BCUT2D eigenvalue weighted by molar-refractivity contribution is -0.116. The van der Waals surface area contributed by atoms with Crippen LogP contribution in [0, 0.1) is 0 Å². The lowest BCUT2D eigenvalue weighted by atomic mass is 9.99. The molecule has 2 aliphatic rings. The van der Waals surface area contributed by atoms with Crippen molar-refractivity contribution in [2.24, 2.45) is 0 Å². The molecule has 3 heterocycles. The van der Waals surface area contributed by atoms with Gasteiger partial charge in [0.2, 0.25) is 5.91 Å². The molecule has 2 aromatic heterocycles. The van der Waals surface area contributed by atoms with Crippen molar-refractivity contribution in [2.75, 3.05) is 11.1 Å². The number of anilines is 1. The Labute approximate surface area is 176 Å². The summed E-state index contributed by atoms with van der Waals surface area (Å²) in [5.74, 6) is 1.08. The van der Waals surface area contributed by atoms with E-state index in [0.717, 1.165) is 41.5 Å². The second-order valence-corrected chi connectivity index (χ2v) is 9.46. The molecule has 6 nitrogen and oxygen atoms in total. The number of rotatable bonds is 7. The van der Waals surface area contributed by atoms with Crippen LogP contribution in [0.3, 0.4) is 0 Å². The van der Waals surface area contributed by atoms with Crippen molar-refractivity contribution in [1.82, 2.24) is 14.8 Å². The third-order valence-electron chi connectivity index (χ3n) is 5.38. The van der Waals surface area contributed by atoms with Crippen LogP contribution < -0.4 is 5.32 Å². The highest BCUT2D eigenvalue weighted by molar-refractivity contribution is 7.99. The predicted molar refractivity (Wildman–Crippen MR) is 114 cm³/mol. The van der Waals surface area contributed by atoms with Gasteiger partial charge in [-0.1, -0.05) is 17.8 Å². The number of carbonyl (C=O) groups excluding carboxylic acids is 2. The molecule has 1 saturated carbocycles. The maximum Gasteiger partial charge on any atom is 0.231 e. The van der Waals surface area contributed by atoms with Gasteiger partial charge in [-0.2, -0.15) is 0 Å². The molecule has 1 aromatic carbocycles. The van der Waals surface area contributed by atoms with E-state index in [0.29, 0.717) is 17.4 Å². The summed E-state index contributed by atoms with van der Waals surface area (Å²) >= 11 is 3.17. The van der Waals surface area contributed by atoms with Gasteiger partial charge in [-0.05, 0) is 55.0 Å². The minimum atomic E-state index is -0.219. The number of Topliss-reactive ketones (excluding diaryl/α,β-unsaturated/α-hetero) is 1. The van der Waals surface area contributed by atoms with E-state index in [-0.39, 0.29) is 17.6 Å². The van der Waals surface area contributed by atoms with E-state index in [1.807, 2.05) is 25.1 Å². The Bertz CT molecular complexity index is 1090. The number of benzene rings is 1. The Kier molecular flexibility index (Phi) is 4.75. The van der Waals surface area contributed by atoms with Crippen LogP contribution >= 0.6 is 23.1 Å². The first-order valence-corrected chi connectivity index (χ1v) is 11.5. The number of hydrogen-bond donors (Lipinski definition) is 1. The molecule has 8 heteroatoms. The number of nitrogens with zero attached hydrogens (tertiary/aromatic N) is 3. The van der Waals surface area contributed by atoms with E-state index in [1.54, 1.807) is 17.4 Å². The second kappa shape index (κ2) is 7.42. The molecule has 0 spiro atoms. The monoisotopic (exact) mass is 424 g/mol. The molecule has 148 valence electrons. The third-order valence-corrected chi connectivity index (χ3v) is 7.20. The van der Waals surface area contributed by atoms with Crippen molar-refractivity contribution in [2.45, 2.75) is 43.3 Å². The zero-order valence-corrected chi connectivity index (χ0v) is 17.6. The zero-order chi connectivity index (χ0) is 20.0. The number of thioether (sulfide) groups is 1. The first kappa shape index (κ1) is 18.6. The van der Waals surface area contributed by atoms with Gasteiger partial charge in [0.15, 0.2) is 10.9 Å². The zero-order valence-electron chi connectivity index (χ0n) is 15.9. The van der Waals surface area contributed by atoms with Crippen LogP contribution in [-0.2, 0) is 11.2 Å². The Hall–Kier alpha value is -2.45. The molecule has 29 heavy (non-hydrogen) atoms.